The van der Waals surface area contributed by atoms with Crippen LogP contribution in [0.4, 0.5) is 5.69 Å². The maximum atomic E-state index is 5.65. The molecule has 0 spiro atoms. The van der Waals surface area contributed by atoms with Crippen LogP contribution in [0.1, 0.15) is 5.69 Å². The van der Waals surface area contributed by atoms with Crippen LogP contribution in [0.3, 0.4) is 0 Å². The fourth-order valence-corrected chi connectivity index (χ4v) is 3.78. The van der Waals surface area contributed by atoms with E-state index in [0.29, 0.717) is 5.11 Å². The van der Waals surface area contributed by atoms with Gasteiger partial charge in [-0.05, 0) is 61.1 Å². The van der Waals surface area contributed by atoms with Crippen LogP contribution in [0.25, 0.3) is 33.4 Å². The Hall–Kier alpha value is -2.90. The molecule has 3 aromatic heterocycles. The van der Waals surface area contributed by atoms with Gasteiger partial charge in [0.2, 0.25) is 0 Å². The molecule has 0 atom stereocenters. The normalized spacial score (nSPS) is 10.5. The third-order valence-corrected chi connectivity index (χ3v) is 5.31. The van der Waals surface area contributed by atoms with Gasteiger partial charge in [-0.2, -0.15) is 5.10 Å². The zero-order valence-corrected chi connectivity index (χ0v) is 20.7. The molecule has 1 radical (unpaired) electrons. The number of aryl methyl sites for hydroxylation is 1. The Balaban J connectivity index is 0.00000245. The van der Waals surface area contributed by atoms with Gasteiger partial charge in [-0.3, -0.25) is 9.97 Å². The van der Waals surface area contributed by atoms with Crippen molar-refractivity contribution < 1.29 is 0 Å². The van der Waals surface area contributed by atoms with Crippen LogP contribution in [-0.2, 0) is 0 Å². The van der Waals surface area contributed by atoms with Gasteiger partial charge in [0.25, 0.3) is 0 Å². The van der Waals surface area contributed by atoms with Crippen molar-refractivity contribution in [2.75, 3.05) is 5.32 Å². The Labute approximate surface area is 213 Å². The predicted molar refractivity (Wildman–Crippen MR) is 135 cm³/mol. The van der Waals surface area contributed by atoms with Crippen LogP contribution in [-0.4, -0.2) is 54.4 Å². The molecule has 0 amide bonds. The number of nitrogens with one attached hydrogen (secondary N) is 1. The molecule has 151 valence electrons. The summed E-state index contributed by atoms with van der Waals surface area (Å²) in [7, 11) is 0. The summed E-state index contributed by atoms with van der Waals surface area (Å²) < 4.78 is 1.70. The predicted octanol–water partition coefficient (Wildman–Crippen LogP) is 5.33. The molecule has 0 aliphatic carbocycles. The summed E-state index contributed by atoms with van der Waals surface area (Å²) in [4.78, 5) is 9.21. The van der Waals surface area contributed by atoms with Gasteiger partial charge in [0.15, 0.2) is 5.11 Å². The van der Waals surface area contributed by atoms with Gasteiger partial charge in [0.05, 0.1) is 11.2 Å². The minimum atomic E-state index is 0. The summed E-state index contributed by atoms with van der Waals surface area (Å²) in [6.45, 7) is 1.98. The van der Waals surface area contributed by atoms with E-state index in [-0.39, 0.29) is 29.6 Å². The molecule has 0 fully saturated rings. The SMILES string of the molecule is Cc1cccc(-c2nn(C(=S)Nc3ccccc3)cc2-c2ccnc3ccccc23)n1.[Na]. The average Bonchev–Trinajstić information content (AvgIpc) is 3.25. The number of aromatic nitrogens is 4. The van der Waals surface area contributed by atoms with Crippen LogP contribution in [0, 0.1) is 6.92 Å². The number of benzene rings is 2. The van der Waals surface area contributed by atoms with Crippen LogP contribution in [0.15, 0.2) is 91.3 Å². The zero-order chi connectivity index (χ0) is 21.2. The molecular weight excluding hydrogens is 425 g/mol. The van der Waals surface area contributed by atoms with Crippen molar-refractivity contribution in [2.24, 2.45) is 0 Å². The molecule has 5 aromatic rings. The van der Waals surface area contributed by atoms with Gasteiger partial charge in [-0.1, -0.05) is 42.5 Å². The largest absolute Gasteiger partial charge is 0.331 e. The first-order valence-electron chi connectivity index (χ1n) is 9.93. The number of fused-ring (bicyclic) bond motifs is 1. The third kappa shape index (κ3) is 4.49. The molecule has 0 saturated heterocycles. The van der Waals surface area contributed by atoms with Gasteiger partial charge in [0, 0.05) is 64.3 Å². The second kappa shape index (κ2) is 9.71. The maximum Gasteiger partial charge on any atom is 0.198 e. The van der Waals surface area contributed by atoms with Crippen LogP contribution < -0.4 is 5.32 Å². The maximum absolute atomic E-state index is 5.65. The molecule has 0 bridgehead atoms. The molecule has 0 aliphatic heterocycles. The van der Waals surface area contributed by atoms with E-state index in [2.05, 4.69) is 16.4 Å². The standard InChI is InChI=1S/C25H19N5S.Na/c1-17-8-7-13-23(27-17)24-21(19-14-15-26-22-12-6-5-11-20(19)22)16-30(29-24)25(31)28-18-9-3-2-4-10-18;/h2-16H,1H3,(H,28,31);. The molecule has 3 heterocycles. The van der Waals surface area contributed by atoms with Crippen LogP contribution in [0.5, 0.6) is 0 Å². The molecule has 0 saturated carbocycles. The number of hydrogen-bond donors (Lipinski definition) is 1. The van der Waals surface area contributed by atoms with E-state index in [1.54, 1.807) is 4.68 Å². The number of nitrogens with zero attached hydrogens (tertiary/aromatic N) is 4. The Kier molecular flexibility index (Phi) is 6.77. The summed E-state index contributed by atoms with van der Waals surface area (Å²) in [5.41, 5.74) is 6.35. The number of thiocarbonyl (C=S) groups is 1. The smallest absolute Gasteiger partial charge is 0.198 e. The van der Waals surface area contributed by atoms with E-state index in [1.807, 2.05) is 92.1 Å². The summed E-state index contributed by atoms with van der Waals surface area (Å²) in [5.74, 6) is 0. The first kappa shape index (κ1) is 22.3. The van der Waals surface area contributed by atoms with Gasteiger partial charge in [-0.15, -0.1) is 0 Å². The monoisotopic (exact) mass is 444 g/mol. The second-order valence-electron chi connectivity index (χ2n) is 7.17. The third-order valence-electron chi connectivity index (χ3n) is 5.02. The first-order chi connectivity index (χ1) is 15.2. The van der Waals surface area contributed by atoms with Crippen molar-refractivity contribution in [3.63, 3.8) is 0 Å². The Morgan fingerprint density at radius 3 is 2.47 bits per heavy atom. The van der Waals surface area contributed by atoms with E-state index < -0.39 is 0 Å². The van der Waals surface area contributed by atoms with Gasteiger partial charge < -0.3 is 5.32 Å². The molecule has 5 rings (SSSR count). The van der Waals surface area contributed by atoms with Gasteiger partial charge >= 0.3 is 0 Å². The fourth-order valence-electron chi connectivity index (χ4n) is 3.57. The first-order valence-corrected chi connectivity index (χ1v) is 10.3. The van der Waals surface area contributed by atoms with E-state index in [4.69, 9.17) is 22.3 Å². The van der Waals surface area contributed by atoms with E-state index in [1.165, 1.54) is 0 Å². The molecule has 0 aliphatic rings. The number of para-hydroxylation sites is 2. The minimum absolute atomic E-state index is 0. The number of pyridine rings is 2. The Bertz CT molecular complexity index is 1390. The van der Waals surface area contributed by atoms with E-state index >= 15 is 0 Å². The molecule has 2 aromatic carbocycles. The molecular formula is C25H19N5NaS. The van der Waals surface area contributed by atoms with E-state index in [9.17, 15) is 0 Å². The van der Waals surface area contributed by atoms with Crippen LogP contribution >= 0.6 is 12.2 Å². The number of anilines is 1. The summed E-state index contributed by atoms with van der Waals surface area (Å²) in [6.07, 6.45) is 3.78. The molecule has 32 heavy (non-hydrogen) atoms. The van der Waals surface area contributed by atoms with Crippen molar-refractivity contribution in [3.8, 4) is 22.5 Å². The molecule has 7 heteroatoms. The van der Waals surface area contributed by atoms with Crippen LogP contribution in [0.2, 0.25) is 0 Å². The summed E-state index contributed by atoms with van der Waals surface area (Å²) in [6, 6.07) is 25.9. The van der Waals surface area contributed by atoms with Crippen molar-refractivity contribution in [3.05, 3.63) is 97.0 Å². The molecule has 0 unspecified atom stereocenters. The van der Waals surface area contributed by atoms with Crippen molar-refractivity contribution in [1.29, 1.82) is 0 Å². The minimum Gasteiger partial charge on any atom is -0.331 e. The Morgan fingerprint density at radius 1 is 0.875 bits per heavy atom. The van der Waals surface area contributed by atoms with E-state index in [0.717, 1.165) is 44.8 Å². The number of rotatable bonds is 3. The zero-order valence-electron chi connectivity index (χ0n) is 17.9. The molecule has 5 nitrogen and oxygen atoms in total. The quantitative estimate of drug-likeness (QED) is 0.301. The Morgan fingerprint density at radius 2 is 1.66 bits per heavy atom. The van der Waals surface area contributed by atoms with Gasteiger partial charge in [-0.25, -0.2) is 4.68 Å². The molecule has 1 N–H and O–H groups in total. The van der Waals surface area contributed by atoms with Crippen molar-refractivity contribution in [1.82, 2.24) is 19.7 Å². The fraction of sp³-hybridized carbons (Fsp3) is 0.0400. The second-order valence-corrected chi connectivity index (χ2v) is 7.56. The number of hydrogen-bond acceptors (Lipinski definition) is 4. The van der Waals surface area contributed by atoms with Gasteiger partial charge in [0.1, 0.15) is 5.69 Å². The van der Waals surface area contributed by atoms with Crippen molar-refractivity contribution >= 4 is 63.5 Å². The summed E-state index contributed by atoms with van der Waals surface area (Å²) >= 11 is 5.65. The topological polar surface area (TPSA) is 55.6 Å². The average molecular weight is 445 g/mol. The summed E-state index contributed by atoms with van der Waals surface area (Å²) in [5, 5.41) is 9.63. The van der Waals surface area contributed by atoms with Crippen molar-refractivity contribution in [2.45, 2.75) is 6.92 Å².